The van der Waals surface area contributed by atoms with Crippen molar-refractivity contribution in [1.29, 1.82) is 0 Å². The van der Waals surface area contributed by atoms with Crippen LogP contribution in [0.15, 0.2) is 0 Å². The van der Waals surface area contributed by atoms with Crippen LogP contribution in [0.5, 0.6) is 0 Å². The fourth-order valence-corrected chi connectivity index (χ4v) is 1.59. The third-order valence-corrected chi connectivity index (χ3v) is 2.64. The summed E-state index contributed by atoms with van der Waals surface area (Å²) >= 11 is 0. The highest BCUT2D eigenvalue weighted by Crippen LogP contribution is 2.08. The molecule has 1 aromatic rings. The molecule has 0 aliphatic heterocycles. The standard InChI is InChI=1S/C11H21N3O2/c1-8-11(9(2)14-13-8)6-12-5-10(16-4)7-15-3/h10,12H,5-7H2,1-4H3,(H,13,14). The van der Waals surface area contributed by atoms with Gasteiger partial charge in [0.1, 0.15) is 0 Å². The molecule has 16 heavy (non-hydrogen) atoms. The number of hydrogen-bond acceptors (Lipinski definition) is 4. The maximum absolute atomic E-state index is 5.26. The summed E-state index contributed by atoms with van der Waals surface area (Å²) in [7, 11) is 3.37. The van der Waals surface area contributed by atoms with E-state index in [1.807, 2.05) is 13.8 Å². The minimum atomic E-state index is 0.0949. The number of nitrogens with one attached hydrogen (secondary N) is 2. The molecule has 0 aliphatic carbocycles. The number of methoxy groups -OCH3 is 2. The van der Waals surface area contributed by atoms with Crippen LogP contribution >= 0.6 is 0 Å². The molecule has 0 spiro atoms. The fourth-order valence-electron chi connectivity index (χ4n) is 1.59. The number of rotatable bonds is 7. The number of aromatic amines is 1. The van der Waals surface area contributed by atoms with Crippen molar-refractivity contribution in [2.75, 3.05) is 27.4 Å². The summed E-state index contributed by atoms with van der Waals surface area (Å²) in [5, 5.41) is 10.5. The second kappa shape index (κ2) is 6.62. The van der Waals surface area contributed by atoms with Gasteiger partial charge in [0.05, 0.1) is 18.4 Å². The highest BCUT2D eigenvalue weighted by molar-refractivity contribution is 5.22. The lowest BCUT2D eigenvalue weighted by atomic mass is 10.2. The third kappa shape index (κ3) is 3.59. The molecule has 0 bridgehead atoms. The topological polar surface area (TPSA) is 59.2 Å². The molecule has 1 aromatic heterocycles. The summed E-state index contributed by atoms with van der Waals surface area (Å²) in [4.78, 5) is 0. The van der Waals surface area contributed by atoms with Gasteiger partial charge in [0.25, 0.3) is 0 Å². The second-order valence-corrected chi connectivity index (χ2v) is 3.86. The SMILES string of the molecule is COCC(CNCc1c(C)n[nH]c1C)OC. The monoisotopic (exact) mass is 227 g/mol. The molecule has 0 amide bonds. The summed E-state index contributed by atoms with van der Waals surface area (Å²) in [6.45, 7) is 6.21. The van der Waals surface area contributed by atoms with Crippen LogP contribution in [0.3, 0.4) is 0 Å². The van der Waals surface area contributed by atoms with Gasteiger partial charge in [-0.3, -0.25) is 5.10 Å². The zero-order chi connectivity index (χ0) is 12.0. The molecule has 5 nitrogen and oxygen atoms in total. The Kier molecular flexibility index (Phi) is 5.45. The molecule has 0 saturated heterocycles. The Balaban J connectivity index is 2.35. The first-order chi connectivity index (χ1) is 7.69. The molecule has 0 aromatic carbocycles. The van der Waals surface area contributed by atoms with Gasteiger partial charge in [-0.15, -0.1) is 0 Å². The molecule has 0 radical (unpaired) electrons. The van der Waals surface area contributed by atoms with E-state index in [-0.39, 0.29) is 6.10 Å². The quantitative estimate of drug-likeness (QED) is 0.722. The van der Waals surface area contributed by atoms with Gasteiger partial charge in [0, 0.05) is 38.6 Å². The molecule has 1 rings (SSSR count). The van der Waals surface area contributed by atoms with Crippen molar-refractivity contribution in [2.45, 2.75) is 26.5 Å². The van der Waals surface area contributed by atoms with Gasteiger partial charge >= 0.3 is 0 Å². The Labute approximate surface area is 96.5 Å². The lowest BCUT2D eigenvalue weighted by Gasteiger charge is -2.15. The van der Waals surface area contributed by atoms with Crippen LogP contribution in [0.1, 0.15) is 17.0 Å². The van der Waals surface area contributed by atoms with Crippen molar-refractivity contribution < 1.29 is 9.47 Å². The average molecular weight is 227 g/mol. The van der Waals surface area contributed by atoms with E-state index in [0.29, 0.717) is 6.61 Å². The summed E-state index contributed by atoms with van der Waals surface area (Å²) in [5.41, 5.74) is 3.39. The molecule has 0 saturated carbocycles. The van der Waals surface area contributed by atoms with Crippen LogP contribution < -0.4 is 5.32 Å². The van der Waals surface area contributed by atoms with E-state index < -0.39 is 0 Å². The first kappa shape index (κ1) is 13.2. The molecule has 5 heteroatoms. The number of ether oxygens (including phenoxy) is 2. The fraction of sp³-hybridized carbons (Fsp3) is 0.727. The van der Waals surface area contributed by atoms with Crippen molar-refractivity contribution in [2.24, 2.45) is 0 Å². The zero-order valence-corrected chi connectivity index (χ0v) is 10.5. The van der Waals surface area contributed by atoms with Crippen molar-refractivity contribution >= 4 is 0 Å². The first-order valence-corrected chi connectivity index (χ1v) is 5.42. The maximum atomic E-state index is 5.26. The predicted octanol–water partition coefficient (Wildman–Crippen LogP) is 0.778. The Morgan fingerprint density at radius 3 is 2.62 bits per heavy atom. The van der Waals surface area contributed by atoms with Gasteiger partial charge in [-0.2, -0.15) is 5.10 Å². The molecule has 92 valence electrons. The molecule has 2 N–H and O–H groups in total. The summed E-state index contributed by atoms with van der Waals surface area (Å²) in [6.07, 6.45) is 0.0949. The Morgan fingerprint density at radius 2 is 2.12 bits per heavy atom. The van der Waals surface area contributed by atoms with Crippen LogP contribution in [0, 0.1) is 13.8 Å². The van der Waals surface area contributed by atoms with E-state index in [4.69, 9.17) is 9.47 Å². The largest absolute Gasteiger partial charge is 0.382 e. The number of aryl methyl sites for hydroxylation is 2. The maximum Gasteiger partial charge on any atom is 0.0928 e. The van der Waals surface area contributed by atoms with Crippen LogP contribution in [0.4, 0.5) is 0 Å². The number of H-pyrrole nitrogens is 1. The lowest BCUT2D eigenvalue weighted by molar-refractivity contribution is 0.0288. The Bertz CT molecular complexity index is 293. The van der Waals surface area contributed by atoms with Crippen LogP contribution in [0.25, 0.3) is 0 Å². The third-order valence-electron chi connectivity index (χ3n) is 2.64. The normalized spacial score (nSPS) is 13.0. The van der Waals surface area contributed by atoms with E-state index in [1.54, 1.807) is 14.2 Å². The average Bonchev–Trinajstić information content (AvgIpc) is 2.59. The number of aromatic nitrogens is 2. The first-order valence-electron chi connectivity index (χ1n) is 5.42. The molecule has 0 fully saturated rings. The molecule has 1 unspecified atom stereocenters. The summed E-state index contributed by atoms with van der Waals surface area (Å²) in [6, 6.07) is 0. The van der Waals surface area contributed by atoms with Crippen LogP contribution in [-0.4, -0.2) is 43.7 Å². The van der Waals surface area contributed by atoms with E-state index in [1.165, 1.54) is 5.56 Å². The van der Waals surface area contributed by atoms with E-state index >= 15 is 0 Å². The van der Waals surface area contributed by atoms with Gasteiger partial charge in [-0.1, -0.05) is 0 Å². The lowest BCUT2D eigenvalue weighted by Crippen LogP contribution is -2.31. The van der Waals surface area contributed by atoms with Gasteiger partial charge in [-0.25, -0.2) is 0 Å². The van der Waals surface area contributed by atoms with E-state index in [2.05, 4.69) is 15.5 Å². The summed E-state index contributed by atoms with van der Waals surface area (Å²) in [5.74, 6) is 0. The summed E-state index contributed by atoms with van der Waals surface area (Å²) < 4.78 is 10.3. The van der Waals surface area contributed by atoms with Crippen LogP contribution in [-0.2, 0) is 16.0 Å². The predicted molar refractivity (Wildman–Crippen MR) is 62.4 cm³/mol. The minimum Gasteiger partial charge on any atom is -0.382 e. The smallest absolute Gasteiger partial charge is 0.0928 e. The van der Waals surface area contributed by atoms with Gasteiger partial charge in [0.15, 0.2) is 0 Å². The molecule has 0 aliphatic rings. The molecule has 1 heterocycles. The van der Waals surface area contributed by atoms with Gasteiger partial charge in [-0.05, 0) is 13.8 Å². The van der Waals surface area contributed by atoms with E-state index in [9.17, 15) is 0 Å². The molecular weight excluding hydrogens is 206 g/mol. The minimum absolute atomic E-state index is 0.0949. The van der Waals surface area contributed by atoms with Crippen molar-refractivity contribution in [1.82, 2.24) is 15.5 Å². The second-order valence-electron chi connectivity index (χ2n) is 3.86. The van der Waals surface area contributed by atoms with Gasteiger partial charge < -0.3 is 14.8 Å². The van der Waals surface area contributed by atoms with Crippen molar-refractivity contribution in [3.8, 4) is 0 Å². The Morgan fingerprint density at radius 1 is 1.38 bits per heavy atom. The number of nitrogens with zero attached hydrogens (tertiary/aromatic N) is 1. The zero-order valence-electron chi connectivity index (χ0n) is 10.5. The van der Waals surface area contributed by atoms with Gasteiger partial charge in [0.2, 0.25) is 0 Å². The highest BCUT2D eigenvalue weighted by Gasteiger charge is 2.08. The van der Waals surface area contributed by atoms with Crippen LogP contribution in [0.2, 0.25) is 0 Å². The van der Waals surface area contributed by atoms with Crippen molar-refractivity contribution in [3.63, 3.8) is 0 Å². The van der Waals surface area contributed by atoms with Crippen molar-refractivity contribution in [3.05, 3.63) is 17.0 Å². The molecular formula is C11H21N3O2. The number of hydrogen-bond donors (Lipinski definition) is 2. The Hall–Kier alpha value is -0.910. The van der Waals surface area contributed by atoms with E-state index in [0.717, 1.165) is 24.5 Å². The molecule has 1 atom stereocenters. The highest BCUT2D eigenvalue weighted by atomic mass is 16.5.